The van der Waals surface area contributed by atoms with Crippen LogP contribution in [0.15, 0.2) is 24.5 Å². The van der Waals surface area contributed by atoms with Gasteiger partial charge < -0.3 is 4.74 Å². The van der Waals surface area contributed by atoms with Gasteiger partial charge in [-0.1, -0.05) is 0 Å². The number of hydrogen-bond acceptors (Lipinski definition) is 3. The molecule has 0 fully saturated rings. The van der Waals surface area contributed by atoms with Crippen LogP contribution in [0.5, 0.6) is 11.5 Å². The highest BCUT2D eigenvalue weighted by atomic mass is 19.1. The Morgan fingerprint density at radius 3 is 2.47 bits per heavy atom. The molecule has 1 heterocycles. The van der Waals surface area contributed by atoms with Crippen molar-refractivity contribution in [1.29, 1.82) is 5.26 Å². The summed E-state index contributed by atoms with van der Waals surface area (Å²) in [6.07, 6.45) is 2.80. The number of aryl methyl sites for hydroxylation is 1. The van der Waals surface area contributed by atoms with E-state index in [0.717, 1.165) is 12.1 Å². The number of halogens is 2. The van der Waals surface area contributed by atoms with Gasteiger partial charge in [-0.15, -0.1) is 0 Å². The fraction of sp³-hybridized carbons (Fsp3) is 0.0909. The fourth-order valence-corrected chi connectivity index (χ4v) is 1.29. The summed E-state index contributed by atoms with van der Waals surface area (Å²) in [4.78, 5) is 0. The molecule has 0 N–H and O–H groups in total. The Labute approximate surface area is 95.7 Å². The summed E-state index contributed by atoms with van der Waals surface area (Å²) in [5, 5.41) is 12.3. The van der Waals surface area contributed by atoms with Gasteiger partial charge in [0.1, 0.15) is 0 Å². The minimum absolute atomic E-state index is 0.0986. The molecule has 0 aliphatic heterocycles. The first-order valence-electron chi connectivity index (χ1n) is 4.66. The quantitative estimate of drug-likeness (QED) is 0.802. The predicted octanol–water partition coefficient (Wildman–Crippen LogP) is 2.36. The van der Waals surface area contributed by atoms with E-state index < -0.39 is 17.4 Å². The average molecular weight is 235 g/mol. The Hall–Kier alpha value is -2.42. The average Bonchev–Trinajstić information content (AvgIpc) is 2.69. The minimum atomic E-state index is -0.926. The number of rotatable bonds is 2. The molecule has 0 unspecified atom stereocenters. The fourth-order valence-electron chi connectivity index (χ4n) is 1.29. The van der Waals surface area contributed by atoms with Crippen molar-refractivity contribution in [2.24, 2.45) is 7.05 Å². The van der Waals surface area contributed by atoms with Crippen molar-refractivity contribution in [1.82, 2.24) is 9.78 Å². The molecule has 2 aromatic rings. The number of benzene rings is 1. The van der Waals surface area contributed by atoms with E-state index in [2.05, 4.69) is 5.10 Å². The van der Waals surface area contributed by atoms with Crippen LogP contribution >= 0.6 is 0 Å². The molecule has 17 heavy (non-hydrogen) atoms. The molecule has 0 saturated heterocycles. The zero-order chi connectivity index (χ0) is 12.4. The summed E-state index contributed by atoms with van der Waals surface area (Å²) >= 11 is 0. The topological polar surface area (TPSA) is 50.8 Å². The van der Waals surface area contributed by atoms with Crippen LogP contribution in [0.25, 0.3) is 0 Å². The molecule has 0 saturated carbocycles. The molecule has 0 amide bonds. The van der Waals surface area contributed by atoms with Crippen LogP contribution in [0, 0.1) is 23.0 Å². The van der Waals surface area contributed by atoms with E-state index in [1.807, 2.05) is 0 Å². The van der Waals surface area contributed by atoms with Gasteiger partial charge >= 0.3 is 0 Å². The summed E-state index contributed by atoms with van der Waals surface area (Å²) in [6.45, 7) is 0. The van der Waals surface area contributed by atoms with E-state index in [0.29, 0.717) is 0 Å². The lowest BCUT2D eigenvalue weighted by molar-refractivity contribution is 0.407. The lowest BCUT2D eigenvalue weighted by Crippen LogP contribution is -1.93. The van der Waals surface area contributed by atoms with Crippen molar-refractivity contribution >= 4 is 0 Å². The maximum atomic E-state index is 13.4. The minimum Gasteiger partial charge on any atom is -0.448 e. The highest BCUT2D eigenvalue weighted by Crippen LogP contribution is 2.28. The maximum Gasteiger partial charge on any atom is 0.198 e. The SMILES string of the molecule is Cn1cc(Oc2c(F)cc(C#N)cc2F)cn1. The molecule has 0 bridgehead atoms. The number of nitrogens with zero attached hydrogens (tertiary/aromatic N) is 3. The van der Waals surface area contributed by atoms with E-state index in [1.165, 1.54) is 17.1 Å². The Morgan fingerprint density at radius 2 is 2.00 bits per heavy atom. The van der Waals surface area contributed by atoms with Gasteiger partial charge in [0.2, 0.25) is 0 Å². The summed E-state index contributed by atoms with van der Waals surface area (Å²) in [6, 6.07) is 3.47. The van der Waals surface area contributed by atoms with Crippen LogP contribution < -0.4 is 4.74 Å². The summed E-state index contributed by atoms with van der Waals surface area (Å²) in [7, 11) is 1.65. The third kappa shape index (κ3) is 2.23. The maximum absolute atomic E-state index is 13.4. The molecule has 2 rings (SSSR count). The van der Waals surface area contributed by atoms with Crippen molar-refractivity contribution in [2.45, 2.75) is 0 Å². The summed E-state index contributed by atoms with van der Waals surface area (Å²) < 4.78 is 33.4. The lowest BCUT2D eigenvalue weighted by atomic mass is 10.2. The summed E-state index contributed by atoms with van der Waals surface area (Å²) in [5.41, 5.74) is -0.0986. The molecule has 0 spiro atoms. The molecular formula is C11H7F2N3O. The first kappa shape index (κ1) is 11.1. The second-order valence-electron chi connectivity index (χ2n) is 3.33. The predicted molar refractivity (Wildman–Crippen MR) is 54.4 cm³/mol. The first-order chi connectivity index (χ1) is 8.10. The number of aromatic nitrogens is 2. The van der Waals surface area contributed by atoms with Gasteiger partial charge in [0.05, 0.1) is 24.0 Å². The van der Waals surface area contributed by atoms with E-state index in [9.17, 15) is 8.78 Å². The van der Waals surface area contributed by atoms with Crippen LogP contribution in [0.4, 0.5) is 8.78 Å². The third-order valence-electron chi connectivity index (χ3n) is 2.03. The molecule has 86 valence electrons. The third-order valence-corrected chi connectivity index (χ3v) is 2.03. The van der Waals surface area contributed by atoms with Crippen LogP contribution in [-0.2, 0) is 7.05 Å². The molecule has 0 aliphatic carbocycles. The standard InChI is InChI=1S/C11H7F2N3O/c1-16-6-8(5-15-16)17-11-9(12)2-7(4-14)3-10(11)13/h2-3,5-6H,1H3. The van der Waals surface area contributed by atoms with E-state index >= 15 is 0 Å². The molecule has 0 atom stereocenters. The smallest absolute Gasteiger partial charge is 0.198 e. The van der Waals surface area contributed by atoms with Crippen LogP contribution in [-0.4, -0.2) is 9.78 Å². The zero-order valence-electron chi connectivity index (χ0n) is 8.82. The van der Waals surface area contributed by atoms with Gasteiger partial charge in [0.15, 0.2) is 23.1 Å². The van der Waals surface area contributed by atoms with Crippen molar-refractivity contribution in [3.05, 3.63) is 41.7 Å². The van der Waals surface area contributed by atoms with Crippen LogP contribution in [0.2, 0.25) is 0 Å². The summed E-state index contributed by atoms with van der Waals surface area (Å²) in [5.74, 6) is -2.18. The molecule has 0 radical (unpaired) electrons. The van der Waals surface area contributed by atoms with Gasteiger partial charge in [-0.3, -0.25) is 4.68 Å². The van der Waals surface area contributed by atoms with E-state index in [1.54, 1.807) is 13.1 Å². The van der Waals surface area contributed by atoms with Crippen LogP contribution in [0.3, 0.4) is 0 Å². The monoisotopic (exact) mass is 235 g/mol. The Balaban J connectivity index is 2.37. The molecule has 4 nitrogen and oxygen atoms in total. The molecular weight excluding hydrogens is 228 g/mol. The van der Waals surface area contributed by atoms with Crippen molar-refractivity contribution in [2.75, 3.05) is 0 Å². The van der Waals surface area contributed by atoms with E-state index in [4.69, 9.17) is 10.00 Å². The lowest BCUT2D eigenvalue weighted by Gasteiger charge is -2.05. The van der Waals surface area contributed by atoms with Crippen molar-refractivity contribution in [3.8, 4) is 17.6 Å². The van der Waals surface area contributed by atoms with Gasteiger partial charge in [-0.05, 0) is 12.1 Å². The normalized spacial score (nSPS) is 10.0. The van der Waals surface area contributed by atoms with Gasteiger partial charge in [0.25, 0.3) is 0 Å². The van der Waals surface area contributed by atoms with Gasteiger partial charge in [-0.25, -0.2) is 8.78 Å². The highest BCUT2D eigenvalue weighted by Gasteiger charge is 2.14. The Morgan fingerprint density at radius 1 is 1.35 bits per heavy atom. The number of ether oxygens (including phenoxy) is 1. The second kappa shape index (κ2) is 4.22. The van der Waals surface area contributed by atoms with Crippen molar-refractivity contribution in [3.63, 3.8) is 0 Å². The molecule has 6 heteroatoms. The zero-order valence-corrected chi connectivity index (χ0v) is 8.82. The number of nitriles is 1. The largest absolute Gasteiger partial charge is 0.448 e. The van der Waals surface area contributed by atoms with Crippen molar-refractivity contribution < 1.29 is 13.5 Å². The Kier molecular flexibility index (Phi) is 2.75. The Bertz CT molecular complexity index is 578. The first-order valence-corrected chi connectivity index (χ1v) is 4.66. The van der Waals surface area contributed by atoms with Crippen LogP contribution in [0.1, 0.15) is 5.56 Å². The second-order valence-corrected chi connectivity index (χ2v) is 3.33. The number of hydrogen-bond donors (Lipinski definition) is 0. The molecule has 1 aromatic carbocycles. The van der Waals surface area contributed by atoms with Gasteiger partial charge in [0, 0.05) is 7.05 Å². The van der Waals surface area contributed by atoms with Gasteiger partial charge in [-0.2, -0.15) is 10.4 Å². The highest BCUT2D eigenvalue weighted by molar-refractivity contribution is 5.39. The van der Waals surface area contributed by atoms with E-state index in [-0.39, 0.29) is 11.3 Å². The molecule has 0 aliphatic rings. The molecule has 1 aromatic heterocycles.